The molecule has 5 aromatic carbocycles. The molecule has 5 rings (SSSR count). The highest BCUT2D eigenvalue weighted by Crippen LogP contribution is 2.34. The zero-order chi connectivity index (χ0) is 33.0. The van der Waals surface area contributed by atoms with E-state index in [0.29, 0.717) is 11.3 Å². The number of rotatable bonds is 12. The molecule has 4 nitrogen and oxygen atoms in total. The molecule has 0 fully saturated rings. The van der Waals surface area contributed by atoms with Crippen molar-refractivity contribution in [2.45, 2.75) is 19.9 Å². The minimum atomic E-state index is 0.0523. The van der Waals surface area contributed by atoms with Crippen LogP contribution in [0.1, 0.15) is 41.7 Å². The minimum Gasteiger partial charge on any atom is -0.507 e. The third-order valence-corrected chi connectivity index (χ3v) is 8.08. The highest BCUT2D eigenvalue weighted by molar-refractivity contribution is 5.79. The van der Waals surface area contributed by atoms with Gasteiger partial charge in [0.1, 0.15) is 17.2 Å². The molecule has 47 heavy (non-hydrogen) atoms. The molecule has 0 saturated heterocycles. The quantitative estimate of drug-likeness (QED) is 0.111. The first kappa shape index (κ1) is 32.6. The number of aromatic hydroxyl groups is 1. The number of phenolic OH excluding ortho intramolecular Hbond substituents is 1. The Labute approximate surface area is 278 Å². The summed E-state index contributed by atoms with van der Waals surface area (Å²) in [7, 11) is 3.33. The van der Waals surface area contributed by atoms with Crippen LogP contribution in [0.4, 0.5) is 11.4 Å². The summed E-state index contributed by atoms with van der Waals surface area (Å²) in [4.78, 5) is 2.33. The lowest BCUT2D eigenvalue weighted by Crippen LogP contribution is -2.29. The zero-order valence-electron chi connectivity index (χ0n) is 27.4. The molecule has 0 spiro atoms. The van der Waals surface area contributed by atoms with Crippen molar-refractivity contribution < 1.29 is 14.6 Å². The van der Waals surface area contributed by atoms with E-state index in [1.54, 1.807) is 20.3 Å². The second-order valence-electron chi connectivity index (χ2n) is 11.1. The lowest BCUT2D eigenvalue weighted by molar-refractivity contribution is 0.411. The molecule has 0 aliphatic heterocycles. The van der Waals surface area contributed by atoms with E-state index < -0.39 is 0 Å². The van der Waals surface area contributed by atoms with Gasteiger partial charge in [-0.25, -0.2) is 0 Å². The van der Waals surface area contributed by atoms with Crippen LogP contribution in [-0.2, 0) is 0 Å². The number of anilines is 2. The van der Waals surface area contributed by atoms with E-state index in [0.717, 1.165) is 39.4 Å². The predicted molar refractivity (Wildman–Crippen MR) is 199 cm³/mol. The van der Waals surface area contributed by atoms with Gasteiger partial charge < -0.3 is 19.5 Å². The topological polar surface area (TPSA) is 41.9 Å². The van der Waals surface area contributed by atoms with Crippen LogP contribution in [0, 0.1) is 0 Å². The predicted octanol–water partition coefficient (Wildman–Crippen LogP) is 10.9. The van der Waals surface area contributed by atoms with Crippen LogP contribution in [0.25, 0.3) is 30.4 Å². The molecule has 0 aliphatic carbocycles. The lowest BCUT2D eigenvalue weighted by Gasteiger charge is -2.32. The molecule has 236 valence electrons. The van der Waals surface area contributed by atoms with Crippen molar-refractivity contribution in [3.8, 4) is 17.2 Å². The molecule has 1 atom stereocenters. The van der Waals surface area contributed by atoms with Gasteiger partial charge in [0.2, 0.25) is 0 Å². The van der Waals surface area contributed by atoms with Crippen LogP contribution in [0.5, 0.6) is 17.2 Å². The fourth-order valence-electron chi connectivity index (χ4n) is 5.44. The summed E-state index contributed by atoms with van der Waals surface area (Å²) in [5, 5.41) is 10.8. The maximum absolute atomic E-state index is 10.8. The molecule has 0 radical (unpaired) electrons. The highest BCUT2D eigenvalue weighted by Gasteiger charge is 2.19. The van der Waals surface area contributed by atoms with Crippen LogP contribution in [0.15, 0.2) is 139 Å². The van der Waals surface area contributed by atoms with Gasteiger partial charge in [-0.2, -0.15) is 0 Å². The summed E-state index contributed by atoms with van der Waals surface area (Å²) >= 11 is 0. The number of benzene rings is 5. The van der Waals surface area contributed by atoms with Gasteiger partial charge in [-0.3, -0.25) is 0 Å². The van der Waals surface area contributed by atoms with Crippen molar-refractivity contribution >= 4 is 41.8 Å². The Morgan fingerprint density at radius 3 is 1.70 bits per heavy atom. The molecule has 5 aromatic rings. The minimum absolute atomic E-state index is 0.0523. The maximum Gasteiger partial charge on any atom is 0.126 e. The fourth-order valence-corrected chi connectivity index (χ4v) is 5.44. The third-order valence-electron chi connectivity index (χ3n) is 8.08. The summed E-state index contributed by atoms with van der Waals surface area (Å²) in [5.41, 5.74) is 8.07. The average molecular weight is 620 g/mol. The van der Waals surface area contributed by atoms with Crippen LogP contribution >= 0.6 is 0 Å². The second kappa shape index (κ2) is 16.0. The Hall–Kier alpha value is -5.74. The number of ether oxygens (including phenoxy) is 2. The number of hydrogen-bond donors (Lipinski definition) is 1. The molecule has 0 amide bonds. The van der Waals surface area contributed by atoms with E-state index in [9.17, 15) is 5.11 Å². The Bertz CT molecular complexity index is 1850. The molecule has 0 aromatic heterocycles. The number of hydrogen-bond acceptors (Lipinski definition) is 4. The standard InChI is InChI=1S/C43H41NO3/c1-5-36(21-16-33-12-8-6-9-13-33)32(2)44(40-26-28-41(46-3)29-27-40)39-24-19-35(20-25-39)18-23-38-30-42(45)37(31-43(38)47-4)22-17-34-14-10-7-11-15-34/h5-32,45H,1-4H3/b21-16?,22-17-,23-18-,36-5?/t32-/m0/s1. The molecule has 1 N–H and O–H groups in total. The highest BCUT2D eigenvalue weighted by atomic mass is 16.5. The molecular weight excluding hydrogens is 578 g/mol. The number of phenols is 1. The zero-order valence-corrected chi connectivity index (χ0v) is 27.4. The molecule has 0 saturated carbocycles. The summed E-state index contributed by atoms with van der Waals surface area (Å²) in [6.07, 6.45) is 14.4. The van der Waals surface area contributed by atoms with Crippen LogP contribution in [0.3, 0.4) is 0 Å². The molecule has 0 heterocycles. The molecule has 0 unspecified atom stereocenters. The fraction of sp³-hybridized carbons (Fsp3) is 0.116. The molecule has 0 aliphatic rings. The van der Waals surface area contributed by atoms with Gasteiger partial charge >= 0.3 is 0 Å². The van der Waals surface area contributed by atoms with Gasteiger partial charge in [0.05, 0.1) is 20.3 Å². The van der Waals surface area contributed by atoms with E-state index in [1.165, 1.54) is 5.57 Å². The van der Waals surface area contributed by atoms with Gasteiger partial charge in [0.15, 0.2) is 0 Å². The van der Waals surface area contributed by atoms with E-state index in [-0.39, 0.29) is 11.8 Å². The van der Waals surface area contributed by atoms with E-state index in [2.05, 4.69) is 97.6 Å². The molecular formula is C43H41NO3. The van der Waals surface area contributed by atoms with Gasteiger partial charge in [-0.05, 0) is 84.6 Å². The van der Waals surface area contributed by atoms with Gasteiger partial charge in [-0.1, -0.05) is 115 Å². The Balaban J connectivity index is 1.40. The van der Waals surface area contributed by atoms with Crippen molar-refractivity contribution in [3.63, 3.8) is 0 Å². The first-order valence-corrected chi connectivity index (χ1v) is 15.7. The maximum atomic E-state index is 10.8. The van der Waals surface area contributed by atoms with Crippen LogP contribution in [-0.4, -0.2) is 25.4 Å². The number of allylic oxidation sites excluding steroid dienone is 1. The second-order valence-corrected chi connectivity index (χ2v) is 11.1. The Morgan fingerprint density at radius 1 is 0.617 bits per heavy atom. The summed E-state index contributed by atoms with van der Waals surface area (Å²) in [5.74, 6) is 1.70. The first-order chi connectivity index (χ1) is 23.0. The van der Waals surface area contributed by atoms with Crippen molar-refractivity contribution in [1.29, 1.82) is 0 Å². The lowest BCUT2D eigenvalue weighted by atomic mass is 10.0. The smallest absolute Gasteiger partial charge is 0.126 e. The summed E-state index contributed by atoms with van der Waals surface area (Å²) in [6, 6.07) is 40.7. The van der Waals surface area contributed by atoms with Crippen molar-refractivity contribution in [2.24, 2.45) is 0 Å². The molecule has 4 heteroatoms. The van der Waals surface area contributed by atoms with Crippen molar-refractivity contribution in [2.75, 3.05) is 19.1 Å². The number of methoxy groups -OCH3 is 2. The molecule has 0 bridgehead atoms. The van der Waals surface area contributed by atoms with Gasteiger partial charge in [0.25, 0.3) is 0 Å². The van der Waals surface area contributed by atoms with Gasteiger partial charge in [0, 0.05) is 22.5 Å². The van der Waals surface area contributed by atoms with Crippen LogP contribution in [0.2, 0.25) is 0 Å². The average Bonchev–Trinajstić information content (AvgIpc) is 3.12. The normalized spacial score (nSPS) is 12.6. The van der Waals surface area contributed by atoms with Gasteiger partial charge in [-0.15, -0.1) is 0 Å². The van der Waals surface area contributed by atoms with E-state index in [4.69, 9.17) is 9.47 Å². The van der Waals surface area contributed by atoms with E-state index >= 15 is 0 Å². The Kier molecular flexibility index (Phi) is 11.1. The van der Waals surface area contributed by atoms with Crippen molar-refractivity contribution in [3.05, 3.63) is 167 Å². The summed E-state index contributed by atoms with van der Waals surface area (Å²) < 4.78 is 11.1. The SMILES string of the molecule is CC=C(C=Cc1ccccc1)[C@H](C)N(c1ccc(/C=C\c2cc(O)c(/C=C\c3ccccc3)cc2OC)cc1)c1ccc(OC)cc1. The summed E-state index contributed by atoms with van der Waals surface area (Å²) in [6.45, 7) is 4.31. The van der Waals surface area contributed by atoms with Crippen LogP contribution < -0.4 is 14.4 Å². The van der Waals surface area contributed by atoms with Crippen molar-refractivity contribution in [1.82, 2.24) is 0 Å². The first-order valence-electron chi connectivity index (χ1n) is 15.7. The number of nitrogens with zero attached hydrogens (tertiary/aromatic N) is 1. The Morgan fingerprint density at radius 2 is 1.15 bits per heavy atom. The van der Waals surface area contributed by atoms with E-state index in [1.807, 2.05) is 78.9 Å². The largest absolute Gasteiger partial charge is 0.507 e. The third kappa shape index (κ3) is 8.50. The monoisotopic (exact) mass is 619 g/mol.